The van der Waals surface area contributed by atoms with Crippen molar-refractivity contribution in [3.63, 3.8) is 0 Å². The van der Waals surface area contributed by atoms with Gasteiger partial charge in [-0.15, -0.1) is 0 Å². The van der Waals surface area contributed by atoms with Gasteiger partial charge in [0, 0.05) is 27.6 Å². The molecule has 0 N–H and O–H groups in total. The van der Waals surface area contributed by atoms with Crippen LogP contribution in [0.2, 0.25) is 0 Å². The summed E-state index contributed by atoms with van der Waals surface area (Å²) in [6, 6.07) is 39.0. The van der Waals surface area contributed by atoms with E-state index in [4.69, 9.17) is 20.8 Å². The second kappa shape index (κ2) is 12.1. The molecule has 3 heteroatoms. The Morgan fingerprint density at radius 2 is 1.42 bits per heavy atom. The summed E-state index contributed by atoms with van der Waals surface area (Å²) in [6.45, 7) is 0. The molecular formula is C40H30ClO2+. The number of halogens is 1. The third kappa shape index (κ3) is 5.75. The molecule has 1 aliphatic carbocycles. The molecule has 5 aromatic rings. The van der Waals surface area contributed by atoms with Gasteiger partial charge in [0.05, 0.1) is 17.0 Å². The molecule has 7 rings (SSSR count). The van der Waals surface area contributed by atoms with Crippen molar-refractivity contribution in [1.82, 2.24) is 0 Å². The van der Waals surface area contributed by atoms with E-state index in [0.717, 1.165) is 91.5 Å². The lowest BCUT2D eigenvalue weighted by Gasteiger charge is -2.21. The van der Waals surface area contributed by atoms with E-state index in [1.54, 1.807) is 0 Å². The maximum Gasteiger partial charge on any atom is 0.361 e. The highest BCUT2D eigenvalue weighted by molar-refractivity contribution is 6.32. The fourth-order valence-electron chi connectivity index (χ4n) is 5.68. The summed E-state index contributed by atoms with van der Waals surface area (Å²) in [7, 11) is 0. The van der Waals surface area contributed by atoms with E-state index in [1.165, 1.54) is 0 Å². The highest BCUT2D eigenvalue weighted by Crippen LogP contribution is 2.39. The molecule has 2 heterocycles. The molecular weight excluding hydrogens is 548 g/mol. The quantitative estimate of drug-likeness (QED) is 0.194. The van der Waals surface area contributed by atoms with Gasteiger partial charge in [-0.3, -0.25) is 0 Å². The van der Waals surface area contributed by atoms with Crippen molar-refractivity contribution in [3.8, 4) is 17.1 Å². The van der Waals surface area contributed by atoms with Crippen LogP contribution in [0.25, 0.3) is 39.5 Å². The van der Waals surface area contributed by atoms with Crippen LogP contribution in [0, 0.1) is 0 Å². The van der Waals surface area contributed by atoms with E-state index in [9.17, 15) is 0 Å². The topological polar surface area (TPSA) is 20.5 Å². The van der Waals surface area contributed by atoms with Crippen LogP contribution in [-0.2, 0) is 0 Å². The first kappa shape index (κ1) is 26.9. The second-order valence-corrected chi connectivity index (χ2v) is 11.1. The first-order chi connectivity index (χ1) is 21.2. The zero-order valence-corrected chi connectivity index (χ0v) is 24.4. The molecule has 1 aliphatic heterocycles. The summed E-state index contributed by atoms with van der Waals surface area (Å²) < 4.78 is 12.7. The number of para-hydroxylation sites is 1. The molecule has 1 aromatic heterocycles. The second-order valence-electron chi connectivity index (χ2n) is 10.7. The lowest BCUT2D eigenvalue weighted by molar-refractivity contribution is 0.509. The molecule has 2 aliphatic rings. The molecule has 43 heavy (non-hydrogen) atoms. The number of fused-ring (bicyclic) bond motifs is 2. The van der Waals surface area contributed by atoms with Crippen LogP contribution in [0.4, 0.5) is 0 Å². The summed E-state index contributed by atoms with van der Waals surface area (Å²) >= 11 is 7.06. The molecule has 0 saturated carbocycles. The average molecular weight is 578 g/mol. The van der Waals surface area contributed by atoms with E-state index >= 15 is 0 Å². The molecule has 0 radical (unpaired) electrons. The Morgan fingerprint density at radius 1 is 0.698 bits per heavy atom. The number of hydrogen-bond donors (Lipinski definition) is 0. The van der Waals surface area contributed by atoms with Crippen molar-refractivity contribution < 1.29 is 9.15 Å². The van der Waals surface area contributed by atoms with Crippen molar-refractivity contribution in [2.24, 2.45) is 0 Å². The largest absolute Gasteiger partial charge is 0.456 e. The molecule has 0 saturated heterocycles. The summed E-state index contributed by atoms with van der Waals surface area (Å²) in [5.41, 5.74) is 6.53. The fraction of sp³-hybridized carbons (Fsp3) is 0.0750. The molecule has 0 fully saturated rings. The molecule has 0 unspecified atom stereocenters. The van der Waals surface area contributed by atoms with Crippen LogP contribution in [0.1, 0.15) is 36.1 Å². The van der Waals surface area contributed by atoms with Crippen LogP contribution >= 0.6 is 11.6 Å². The van der Waals surface area contributed by atoms with E-state index in [1.807, 2.05) is 60.7 Å². The Labute approximate surface area is 257 Å². The Hall–Kier alpha value is -4.92. The first-order valence-electron chi connectivity index (χ1n) is 14.7. The minimum Gasteiger partial charge on any atom is -0.456 e. The van der Waals surface area contributed by atoms with Gasteiger partial charge in [-0.25, -0.2) is 4.42 Å². The van der Waals surface area contributed by atoms with Crippen molar-refractivity contribution in [2.45, 2.75) is 19.3 Å². The summed E-state index contributed by atoms with van der Waals surface area (Å²) in [5.74, 6) is 3.36. The maximum absolute atomic E-state index is 7.06. The van der Waals surface area contributed by atoms with E-state index < -0.39 is 0 Å². The highest BCUT2D eigenvalue weighted by atomic mass is 35.5. The van der Waals surface area contributed by atoms with Gasteiger partial charge in [-0.2, -0.15) is 0 Å². The van der Waals surface area contributed by atoms with Gasteiger partial charge >= 0.3 is 11.5 Å². The van der Waals surface area contributed by atoms with Crippen molar-refractivity contribution in [2.75, 3.05) is 0 Å². The molecule has 0 amide bonds. The van der Waals surface area contributed by atoms with Crippen LogP contribution in [-0.4, -0.2) is 0 Å². The van der Waals surface area contributed by atoms with Crippen molar-refractivity contribution >= 4 is 39.8 Å². The lowest BCUT2D eigenvalue weighted by Crippen LogP contribution is -2.03. The maximum atomic E-state index is 7.06. The molecule has 0 atom stereocenters. The first-order valence-corrected chi connectivity index (χ1v) is 15.0. The zero-order chi connectivity index (χ0) is 29.0. The number of allylic oxidation sites excluding steroid dienone is 8. The van der Waals surface area contributed by atoms with Crippen LogP contribution in [0.15, 0.2) is 160 Å². The predicted molar refractivity (Wildman–Crippen MR) is 179 cm³/mol. The van der Waals surface area contributed by atoms with E-state index in [-0.39, 0.29) is 0 Å². The minimum atomic E-state index is 0.815. The van der Waals surface area contributed by atoms with E-state index in [0.29, 0.717) is 0 Å². The van der Waals surface area contributed by atoms with Gasteiger partial charge in [0.1, 0.15) is 11.5 Å². The zero-order valence-electron chi connectivity index (χ0n) is 23.7. The smallest absolute Gasteiger partial charge is 0.361 e. The average Bonchev–Trinajstić information content (AvgIpc) is 3.07. The summed E-state index contributed by atoms with van der Waals surface area (Å²) in [4.78, 5) is 0. The number of hydrogen-bond acceptors (Lipinski definition) is 1. The molecule has 0 spiro atoms. The number of rotatable bonds is 5. The Kier molecular flexibility index (Phi) is 7.60. The monoisotopic (exact) mass is 577 g/mol. The van der Waals surface area contributed by atoms with Gasteiger partial charge < -0.3 is 4.74 Å². The Bertz CT molecular complexity index is 1960. The normalized spacial score (nSPS) is 16.9. The molecule has 4 aromatic carbocycles. The lowest BCUT2D eigenvalue weighted by atomic mass is 9.93. The third-order valence-electron chi connectivity index (χ3n) is 7.91. The highest BCUT2D eigenvalue weighted by Gasteiger charge is 2.21. The van der Waals surface area contributed by atoms with Crippen LogP contribution in [0.3, 0.4) is 0 Å². The summed E-state index contributed by atoms with van der Waals surface area (Å²) in [5, 5.41) is 3.03. The summed E-state index contributed by atoms with van der Waals surface area (Å²) in [6.07, 6.45) is 13.5. The number of ether oxygens (including phenoxy) is 1. The number of benzene rings is 4. The molecule has 2 nitrogen and oxygen atoms in total. The Balaban J connectivity index is 1.24. The third-order valence-corrected chi connectivity index (χ3v) is 8.40. The van der Waals surface area contributed by atoms with Crippen molar-refractivity contribution in [1.29, 1.82) is 0 Å². The Morgan fingerprint density at radius 3 is 2.26 bits per heavy atom. The predicted octanol–water partition coefficient (Wildman–Crippen LogP) is 11.5. The standard InChI is InChI=1S/C40H30ClO2/c41-40-30(22-23-33-27-39(29-14-5-2-6-15-29)42-36-21-10-9-20-35(33)36)17-11-18-31(40)24-25-37-34-19-8-7-16-32(34)26-38(43-37)28-12-3-1-4-13-28/h1-10,12-16,19-27H,11,17-18H2/q+1. The molecule has 208 valence electrons. The van der Waals surface area contributed by atoms with Crippen molar-refractivity contribution in [3.05, 3.63) is 173 Å². The van der Waals surface area contributed by atoms with Gasteiger partial charge in [0.25, 0.3) is 0 Å². The van der Waals surface area contributed by atoms with Crippen LogP contribution < -0.4 is 4.74 Å². The SMILES string of the molecule is ClC1=C(/C=C/c2[o+]c(-c3ccccc3)cc3ccccc23)CCC/C1=C\C=C1\C=C(c2ccccc2)Oc2ccccc21. The fourth-order valence-corrected chi connectivity index (χ4v) is 5.99. The van der Waals surface area contributed by atoms with Gasteiger partial charge in [0.2, 0.25) is 0 Å². The minimum absolute atomic E-state index is 0.815. The van der Waals surface area contributed by atoms with E-state index in [2.05, 4.69) is 85.0 Å². The molecule has 0 bridgehead atoms. The van der Waals surface area contributed by atoms with Gasteiger partial charge in [-0.1, -0.05) is 109 Å². The van der Waals surface area contributed by atoms with Crippen LogP contribution in [0.5, 0.6) is 5.75 Å². The van der Waals surface area contributed by atoms with Gasteiger partial charge in [-0.05, 0) is 72.4 Å². The van der Waals surface area contributed by atoms with Gasteiger partial charge in [0.15, 0.2) is 0 Å².